The van der Waals surface area contributed by atoms with Crippen molar-refractivity contribution >= 4 is 17.8 Å². The van der Waals surface area contributed by atoms with E-state index in [0.717, 1.165) is 16.5 Å². The van der Waals surface area contributed by atoms with Crippen molar-refractivity contribution in [3.8, 4) is 0 Å². The van der Waals surface area contributed by atoms with Gasteiger partial charge in [-0.1, -0.05) is 30.3 Å². The minimum absolute atomic E-state index is 0.0361. The monoisotopic (exact) mass is 452 g/mol. The number of thioether (sulfide) groups is 1. The molecule has 4 nitrogen and oxygen atoms in total. The topological polar surface area (TPSA) is 41.6 Å². The van der Waals surface area contributed by atoms with Crippen LogP contribution in [0.4, 0.5) is 18.0 Å². The van der Waals surface area contributed by atoms with Crippen molar-refractivity contribution in [3.63, 3.8) is 0 Å². The van der Waals surface area contributed by atoms with E-state index in [2.05, 4.69) is 5.32 Å². The lowest BCUT2D eigenvalue weighted by Crippen LogP contribution is -2.58. The quantitative estimate of drug-likeness (QED) is 0.562. The van der Waals surface area contributed by atoms with Crippen molar-refractivity contribution < 1.29 is 22.7 Å². The molecule has 0 aliphatic carbocycles. The maximum Gasteiger partial charge on any atom is 0.416 e. The Morgan fingerprint density at radius 2 is 1.81 bits per heavy atom. The van der Waals surface area contributed by atoms with E-state index in [1.165, 1.54) is 12.1 Å². The first-order valence-corrected chi connectivity index (χ1v) is 11.4. The van der Waals surface area contributed by atoms with Gasteiger partial charge in [0.1, 0.15) is 0 Å². The van der Waals surface area contributed by atoms with Crippen LogP contribution >= 0.6 is 11.8 Å². The highest BCUT2D eigenvalue weighted by atomic mass is 32.2. The van der Waals surface area contributed by atoms with Crippen molar-refractivity contribution in [1.82, 2.24) is 10.2 Å². The van der Waals surface area contributed by atoms with E-state index in [1.54, 1.807) is 22.7 Å². The molecule has 1 atom stereocenters. The van der Waals surface area contributed by atoms with Gasteiger partial charge < -0.3 is 15.0 Å². The summed E-state index contributed by atoms with van der Waals surface area (Å²) in [5.41, 5.74) is 0.374. The van der Waals surface area contributed by atoms with Crippen LogP contribution in [0.15, 0.2) is 53.4 Å². The fourth-order valence-electron chi connectivity index (χ4n) is 3.50. The molecule has 1 N–H and O–H groups in total. The summed E-state index contributed by atoms with van der Waals surface area (Å²) in [5.74, 6) is 0. The highest BCUT2D eigenvalue weighted by molar-refractivity contribution is 7.98. The predicted molar refractivity (Wildman–Crippen MR) is 116 cm³/mol. The zero-order valence-electron chi connectivity index (χ0n) is 17.8. The summed E-state index contributed by atoms with van der Waals surface area (Å²) in [6.45, 7) is 4.60. The van der Waals surface area contributed by atoms with Crippen LogP contribution in [0.5, 0.6) is 0 Å². The number of hydrogen-bond donors (Lipinski definition) is 1. The molecule has 1 heterocycles. The highest BCUT2D eigenvalue weighted by Gasteiger charge is 2.36. The second-order valence-electron chi connectivity index (χ2n) is 7.89. The standard InChI is InChI=1S/C23H27F3N2O2S/c1-15(2)27-22(29)28-13-18(14-28)30-21(16-8-10-19(31-3)11-9-16)12-17-6-4-5-7-20(17)23(24,25)26/h4-11,15,18,21H,12-14H2,1-3H3,(H,27,29). The van der Waals surface area contributed by atoms with Crippen molar-refractivity contribution in [3.05, 3.63) is 65.2 Å². The third kappa shape index (κ3) is 6.17. The molecule has 1 saturated heterocycles. The molecule has 0 radical (unpaired) electrons. The number of urea groups is 1. The molecule has 2 aromatic rings. The number of nitrogens with one attached hydrogen (secondary N) is 1. The normalized spacial score (nSPS) is 15.6. The van der Waals surface area contributed by atoms with Crippen LogP contribution in [0.3, 0.4) is 0 Å². The van der Waals surface area contributed by atoms with Gasteiger partial charge in [-0.15, -0.1) is 11.8 Å². The summed E-state index contributed by atoms with van der Waals surface area (Å²) in [4.78, 5) is 14.8. The maximum absolute atomic E-state index is 13.5. The summed E-state index contributed by atoms with van der Waals surface area (Å²) >= 11 is 1.60. The molecule has 0 saturated carbocycles. The summed E-state index contributed by atoms with van der Waals surface area (Å²) < 4.78 is 46.7. The largest absolute Gasteiger partial charge is 0.416 e. The molecule has 2 amide bonds. The van der Waals surface area contributed by atoms with Crippen LogP contribution in [0, 0.1) is 0 Å². The van der Waals surface area contributed by atoms with Crippen LogP contribution in [0.2, 0.25) is 0 Å². The number of halogens is 3. The first kappa shape index (κ1) is 23.5. The van der Waals surface area contributed by atoms with Crippen LogP contribution < -0.4 is 5.32 Å². The number of rotatable bonds is 7. The molecule has 1 aliphatic heterocycles. The average Bonchev–Trinajstić information content (AvgIpc) is 2.68. The lowest BCUT2D eigenvalue weighted by Gasteiger charge is -2.41. The van der Waals surface area contributed by atoms with Gasteiger partial charge in [0.05, 0.1) is 30.9 Å². The SMILES string of the molecule is CSc1ccc(C(Cc2ccccc2C(F)(F)F)OC2CN(C(=O)NC(C)C)C2)cc1. The maximum atomic E-state index is 13.5. The molecule has 3 rings (SSSR count). The number of ether oxygens (including phenoxy) is 1. The first-order chi connectivity index (χ1) is 14.7. The number of hydrogen-bond acceptors (Lipinski definition) is 3. The molecule has 8 heteroatoms. The summed E-state index contributed by atoms with van der Waals surface area (Å²) in [6, 6.07) is 13.2. The van der Waals surface area contributed by atoms with E-state index in [-0.39, 0.29) is 30.2 Å². The van der Waals surface area contributed by atoms with Gasteiger partial charge in [0.2, 0.25) is 0 Å². The highest BCUT2D eigenvalue weighted by Crippen LogP contribution is 2.35. The number of benzene rings is 2. The van der Waals surface area contributed by atoms with Gasteiger partial charge in [0.15, 0.2) is 0 Å². The average molecular weight is 453 g/mol. The summed E-state index contributed by atoms with van der Waals surface area (Å²) in [5, 5.41) is 2.83. The Balaban J connectivity index is 1.76. The van der Waals surface area contributed by atoms with Crippen molar-refractivity contribution in [1.29, 1.82) is 0 Å². The Labute approximate surface area is 185 Å². The lowest BCUT2D eigenvalue weighted by molar-refractivity contribution is -0.138. The molecule has 168 valence electrons. The van der Waals surface area contributed by atoms with E-state index >= 15 is 0 Å². The van der Waals surface area contributed by atoms with E-state index in [0.29, 0.717) is 13.1 Å². The predicted octanol–water partition coefficient (Wildman–Crippen LogP) is 5.53. The van der Waals surface area contributed by atoms with Gasteiger partial charge in [-0.2, -0.15) is 13.2 Å². The van der Waals surface area contributed by atoms with Crippen molar-refractivity contribution in [2.24, 2.45) is 0 Å². The molecular weight excluding hydrogens is 425 g/mol. The second-order valence-corrected chi connectivity index (χ2v) is 8.77. The molecule has 0 aromatic heterocycles. The smallest absolute Gasteiger partial charge is 0.366 e. The third-order valence-corrected chi connectivity index (χ3v) is 5.86. The molecule has 0 spiro atoms. The van der Waals surface area contributed by atoms with E-state index in [1.807, 2.05) is 44.4 Å². The van der Waals surface area contributed by atoms with E-state index in [4.69, 9.17) is 4.74 Å². The van der Waals surface area contributed by atoms with Gasteiger partial charge in [-0.05, 0) is 49.4 Å². The fraction of sp³-hybridized carbons (Fsp3) is 0.435. The summed E-state index contributed by atoms with van der Waals surface area (Å²) in [6.07, 6.45) is -3.12. The Kier molecular flexibility index (Phi) is 7.54. The number of nitrogens with zero attached hydrogens (tertiary/aromatic N) is 1. The van der Waals surface area contributed by atoms with Gasteiger partial charge in [-0.3, -0.25) is 0 Å². The van der Waals surface area contributed by atoms with Crippen molar-refractivity contribution in [2.75, 3.05) is 19.3 Å². The number of carbonyl (C=O) groups excluding carboxylic acids is 1. The number of alkyl halides is 3. The molecule has 1 unspecified atom stereocenters. The molecule has 2 aromatic carbocycles. The fourth-order valence-corrected chi connectivity index (χ4v) is 3.91. The van der Waals surface area contributed by atoms with Crippen LogP contribution in [0.25, 0.3) is 0 Å². The van der Waals surface area contributed by atoms with Gasteiger partial charge in [0, 0.05) is 17.4 Å². The lowest BCUT2D eigenvalue weighted by atomic mass is 9.96. The third-order valence-electron chi connectivity index (χ3n) is 5.12. The Morgan fingerprint density at radius 3 is 2.39 bits per heavy atom. The molecule has 31 heavy (non-hydrogen) atoms. The molecular formula is C23H27F3N2O2S. The summed E-state index contributed by atoms with van der Waals surface area (Å²) in [7, 11) is 0. The van der Waals surface area contributed by atoms with Gasteiger partial charge in [-0.25, -0.2) is 4.79 Å². The molecule has 1 fully saturated rings. The van der Waals surface area contributed by atoms with Crippen molar-refractivity contribution in [2.45, 2.75) is 49.6 Å². The van der Waals surface area contributed by atoms with Crippen LogP contribution in [-0.2, 0) is 17.3 Å². The molecule has 0 bridgehead atoms. The minimum atomic E-state index is -4.42. The first-order valence-electron chi connectivity index (χ1n) is 10.2. The Hall–Kier alpha value is -2.19. The Morgan fingerprint density at radius 1 is 1.16 bits per heavy atom. The number of amides is 2. The second kappa shape index (κ2) is 9.96. The zero-order chi connectivity index (χ0) is 22.6. The Bertz CT molecular complexity index is 881. The van der Waals surface area contributed by atoms with Crippen LogP contribution in [0.1, 0.15) is 36.6 Å². The molecule has 1 aliphatic rings. The minimum Gasteiger partial charge on any atom is -0.366 e. The number of carbonyl (C=O) groups is 1. The van der Waals surface area contributed by atoms with E-state index < -0.39 is 17.8 Å². The van der Waals surface area contributed by atoms with Crippen LogP contribution in [-0.4, -0.2) is 42.4 Å². The van der Waals surface area contributed by atoms with Gasteiger partial charge in [0.25, 0.3) is 0 Å². The zero-order valence-corrected chi connectivity index (χ0v) is 18.6. The van der Waals surface area contributed by atoms with E-state index in [9.17, 15) is 18.0 Å². The number of likely N-dealkylation sites (tertiary alicyclic amines) is 1. The van der Waals surface area contributed by atoms with Gasteiger partial charge >= 0.3 is 12.2 Å².